The van der Waals surface area contributed by atoms with Crippen molar-refractivity contribution in [3.8, 4) is 0 Å². The van der Waals surface area contributed by atoms with Crippen molar-refractivity contribution in [2.45, 2.75) is 19.4 Å². The molecule has 0 atom stereocenters. The molecule has 1 saturated heterocycles. The second-order valence-electron chi connectivity index (χ2n) is 5.59. The van der Waals surface area contributed by atoms with Crippen LogP contribution in [0.5, 0.6) is 0 Å². The highest BCUT2D eigenvalue weighted by Crippen LogP contribution is 2.25. The van der Waals surface area contributed by atoms with Crippen LogP contribution in [0.25, 0.3) is 0 Å². The maximum atomic E-state index is 13.8. The van der Waals surface area contributed by atoms with E-state index < -0.39 is 0 Å². The number of nitrogens with zero attached hydrogens (tertiary/aromatic N) is 2. The van der Waals surface area contributed by atoms with Gasteiger partial charge < -0.3 is 20.9 Å². The Kier molecular flexibility index (Phi) is 5.14. The van der Waals surface area contributed by atoms with Crippen LogP contribution in [0.4, 0.5) is 25.7 Å². The van der Waals surface area contributed by atoms with Gasteiger partial charge in [-0.3, -0.25) is 0 Å². The Hall–Kier alpha value is -2.35. The van der Waals surface area contributed by atoms with Crippen LogP contribution in [-0.2, 0) is 6.54 Å². The zero-order valence-corrected chi connectivity index (χ0v) is 14.3. The number of thiazole rings is 1. The first-order chi connectivity index (χ1) is 11.6. The first-order valence-electron chi connectivity index (χ1n) is 7.86. The maximum absolute atomic E-state index is 13.8. The molecule has 2 aromatic rings. The monoisotopic (exact) mass is 349 g/mol. The van der Waals surface area contributed by atoms with Crippen molar-refractivity contribution in [2.75, 3.05) is 35.7 Å². The van der Waals surface area contributed by atoms with Gasteiger partial charge in [0.1, 0.15) is 5.82 Å². The Balaban J connectivity index is 1.59. The average Bonchev–Trinajstić information content (AvgIpc) is 3.24. The van der Waals surface area contributed by atoms with Crippen molar-refractivity contribution in [1.82, 2.24) is 10.3 Å². The van der Waals surface area contributed by atoms with Crippen molar-refractivity contribution >= 4 is 33.9 Å². The fourth-order valence-electron chi connectivity index (χ4n) is 2.65. The summed E-state index contributed by atoms with van der Waals surface area (Å²) < 4.78 is 13.8. The summed E-state index contributed by atoms with van der Waals surface area (Å²) in [4.78, 5) is 18.4. The summed E-state index contributed by atoms with van der Waals surface area (Å²) in [5.74, 6) is -0.354. The summed E-state index contributed by atoms with van der Waals surface area (Å²) in [5, 5.41) is 11.0. The number of urea groups is 1. The van der Waals surface area contributed by atoms with Crippen molar-refractivity contribution in [3.05, 3.63) is 35.1 Å². The number of hydrogen-bond donors (Lipinski definition) is 3. The molecule has 1 fully saturated rings. The van der Waals surface area contributed by atoms with Gasteiger partial charge in [0, 0.05) is 36.9 Å². The van der Waals surface area contributed by atoms with E-state index in [0.29, 0.717) is 12.2 Å². The predicted octanol–water partition coefficient (Wildman–Crippen LogP) is 3.25. The zero-order chi connectivity index (χ0) is 16.9. The van der Waals surface area contributed by atoms with E-state index in [1.54, 1.807) is 13.1 Å². The molecular formula is C16H20FN5OS. The fraction of sp³-hybridized carbons (Fsp3) is 0.375. The molecule has 0 spiro atoms. The smallest absolute Gasteiger partial charge is 0.319 e. The largest absolute Gasteiger partial charge is 0.371 e. The van der Waals surface area contributed by atoms with E-state index in [4.69, 9.17) is 0 Å². The molecule has 0 radical (unpaired) electrons. The van der Waals surface area contributed by atoms with E-state index in [1.807, 2.05) is 5.38 Å². The number of nitrogens with one attached hydrogen (secondary N) is 3. The highest BCUT2D eigenvalue weighted by Gasteiger charge is 2.14. The molecule has 3 N–H and O–H groups in total. The van der Waals surface area contributed by atoms with E-state index in [9.17, 15) is 9.18 Å². The van der Waals surface area contributed by atoms with Gasteiger partial charge in [0.25, 0.3) is 0 Å². The molecule has 2 heterocycles. The first-order valence-corrected chi connectivity index (χ1v) is 8.74. The number of halogens is 1. The summed E-state index contributed by atoms with van der Waals surface area (Å²) in [7, 11) is 1.80. The van der Waals surface area contributed by atoms with Crippen LogP contribution in [0.3, 0.4) is 0 Å². The standard InChI is InChI=1S/C16H20FN5OS/c1-18-16-21-13(10-24-16)9-19-15(23)20-12-6-11(17)7-14(8-12)22-4-2-3-5-22/h6-8,10H,2-5,9H2,1H3,(H,18,21)(H2,19,20,23). The molecule has 0 unspecified atom stereocenters. The minimum atomic E-state index is -0.382. The third-order valence-electron chi connectivity index (χ3n) is 3.81. The lowest BCUT2D eigenvalue weighted by Crippen LogP contribution is -2.28. The Morgan fingerprint density at radius 2 is 2.12 bits per heavy atom. The van der Waals surface area contributed by atoms with Crippen LogP contribution in [0.15, 0.2) is 23.6 Å². The van der Waals surface area contributed by atoms with Crippen LogP contribution in [0, 0.1) is 5.82 Å². The molecule has 1 aromatic heterocycles. The van der Waals surface area contributed by atoms with Gasteiger partial charge in [0.15, 0.2) is 5.13 Å². The predicted molar refractivity (Wildman–Crippen MR) is 95.4 cm³/mol. The molecule has 0 saturated carbocycles. The second kappa shape index (κ2) is 7.48. The topological polar surface area (TPSA) is 69.3 Å². The quantitative estimate of drug-likeness (QED) is 0.775. The third kappa shape index (κ3) is 4.14. The maximum Gasteiger partial charge on any atom is 0.319 e. The van der Waals surface area contributed by atoms with Gasteiger partial charge in [-0.2, -0.15) is 0 Å². The Bertz CT molecular complexity index is 714. The Morgan fingerprint density at radius 3 is 2.83 bits per heavy atom. The number of rotatable bonds is 5. The normalized spacial score (nSPS) is 13.8. The molecule has 0 bridgehead atoms. The van der Waals surface area contributed by atoms with E-state index in [2.05, 4.69) is 25.8 Å². The van der Waals surface area contributed by atoms with Gasteiger partial charge in [-0.1, -0.05) is 0 Å². The van der Waals surface area contributed by atoms with E-state index >= 15 is 0 Å². The van der Waals surface area contributed by atoms with Gasteiger partial charge in [-0.25, -0.2) is 14.2 Å². The van der Waals surface area contributed by atoms with Crippen LogP contribution in [0.2, 0.25) is 0 Å². The third-order valence-corrected chi connectivity index (χ3v) is 4.72. The second-order valence-corrected chi connectivity index (χ2v) is 6.45. The van der Waals surface area contributed by atoms with Crippen molar-refractivity contribution < 1.29 is 9.18 Å². The molecule has 2 amide bonds. The molecule has 3 rings (SSSR count). The van der Waals surface area contributed by atoms with Gasteiger partial charge in [-0.05, 0) is 31.0 Å². The number of benzene rings is 1. The van der Waals surface area contributed by atoms with Crippen LogP contribution in [0.1, 0.15) is 18.5 Å². The van der Waals surface area contributed by atoms with E-state index in [1.165, 1.54) is 23.5 Å². The number of anilines is 3. The number of aromatic nitrogens is 1. The van der Waals surface area contributed by atoms with Crippen LogP contribution >= 0.6 is 11.3 Å². The molecule has 1 aliphatic heterocycles. The van der Waals surface area contributed by atoms with Gasteiger partial charge in [0.2, 0.25) is 0 Å². The number of hydrogen-bond acceptors (Lipinski definition) is 5. The summed E-state index contributed by atoms with van der Waals surface area (Å²) in [5.41, 5.74) is 2.03. The minimum Gasteiger partial charge on any atom is -0.371 e. The molecule has 128 valence electrons. The minimum absolute atomic E-state index is 0.318. The van der Waals surface area contributed by atoms with E-state index in [0.717, 1.165) is 42.4 Å². The van der Waals surface area contributed by atoms with Gasteiger partial charge >= 0.3 is 6.03 Å². The number of carbonyl (C=O) groups excluding carboxylic acids is 1. The molecule has 6 nitrogen and oxygen atoms in total. The summed E-state index contributed by atoms with van der Waals surface area (Å²) in [6, 6.07) is 4.24. The van der Waals surface area contributed by atoms with Gasteiger partial charge in [-0.15, -0.1) is 11.3 Å². The number of amides is 2. The van der Waals surface area contributed by atoms with Crippen molar-refractivity contribution in [2.24, 2.45) is 0 Å². The fourth-order valence-corrected chi connectivity index (χ4v) is 3.32. The zero-order valence-electron chi connectivity index (χ0n) is 13.4. The van der Waals surface area contributed by atoms with Crippen LogP contribution in [-0.4, -0.2) is 31.2 Å². The van der Waals surface area contributed by atoms with E-state index in [-0.39, 0.29) is 11.8 Å². The molecular weight excluding hydrogens is 329 g/mol. The van der Waals surface area contributed by atoms with Crippen molar-refractivity contribution in [1.29, 1.82) is 0 Å². The lowest BCUT2D eigenvalue weighted by atomic mass is 10.2. The average molecular weight is 349 g/mol. The molecule has 1 aliphatic rings. The first kappa shape index (κ1) is 16.5. The Labute approximate surface area is 144 Å². The SMILES string of the molecule is CNc1nc(CNC(=O)Nc2cc(F)cc(N3CCCC3)c2)cs1. The van der Waals surface area contributed by atoms with Crippen LogP contribution < -0.4 is 20.9 Å². The lowest BCUT2D eigenvalue weighted by molar-refractivity contribution is 0.251. The lowest BCUT2D eigenvalue weighted by Gasteiger charge is -2.18. The molecule has 24 heavy (non-hydrogen) atoms. The molecule has 1 aromatic carbocycles. The summed E-state index contributed by atoms with van der Waals surface area (Å²) in [6.45, 7) is 2.16. The molecule has 8 heteroatoms. The summed E-state index contributed by atoms with van der Waals surface area (Å²) in [6.07, 6.45) is 2.23. The number of carbonyl (C=O) groups is 1. The Morgan fingerprint density at radius 1 is 1.33 bits per heavy atom. The summed E-state index contributed by atoms with van der Waals surface area (Å²) >= 11 is 1.47. The highest BCUT2D eigenvalue weighted by molar-refractivity contribution is 7.13. The highest BCUT2D eigenvalue weighted by atomic mass is 32.1. The van der Waals surface area contributed by atoms with Crippen molar-refractivity contribution in [3.63, 3.8) is 0 Å². The van der Waals surface area contributed by atoms with Gasteiger partial charge in [0.05, 0.1) is 12.2 Å². The molecule has 0 aliphatic carbocycles.